The Balaban J connectivity index is 2.22. The van der Waals surface area contributed by atoms with Crippen LogP contribution in [0.4, 0.5) is 0 Å². The zero-order valence-electron chi connectivity index (χ0n) is 11.7. The van der Waals surface area contributed by atoms with E-state index in [2.05, 4.69) is 10.5 Å². The number of sulfone groups is 1. The Labute approximate surface area is 115 Å². The second kappa shape index (κ2) is 6.56. The first-order valence-electron chi connectivity index (χ1n) is 6.69. The molecule has 112 valence electrons. The molecule has 0 bridgehead atoms. The molecule has 0 radical (unpaired) electrons. The van der Waals surface area contributed by atoms with Gasteiger partial charge in [-0.05, 0) is 32.2 Å². The van der Waals surface area contributed by atoms with Gasteiger partial charge in [0.1, 0.15) is 15.7 Å². The minimum atomic E-state index is -2.78. The molecule has 0 aromatic carbocycles. The van der Waals surface area contributed by atoms with Crippen molar-refractivity contribution in [3.63, 3.8) is 0 Å². The van der Waals surface area contributed by atoms with Crippen LogP contribution in [0.1, 0.15) is 39.5 Å². The molecule has 0 spiro atoms. The monoisotopic (exact) mass is 291 g/mol. The average Bonchev–Trinajstić information content (AvgIpc) is 2.35. The molecule has 7 heteroatoms. The van der Waals surface area contributed by atoms with E-state index in [0.717, 1.165) is 19.4 Å². The molecule has 1 heterocycles. The lowest BCUT2D eigenvalue weighted by Crippen LogP contribution is -2.38. The summed E-state index contributed by atoms with van der Waals surface area (Å²) in [4.78, 5) is 0. The third kappa shape index (κ3) is 5.36. The van der Waals surface area contributed by atoms with E-state index in [1.165, 1.54) is 0 Å². The lowest BCUT2D eigenvalue weighted by Gasteiger charge is -2.25. The molecule has 0 aromatic rings. The molecule has 1 aliphatic heterocycles. The van der Waals surface area contributed by atoms with Crippen molar-refractivity contribution in [2.24, 2.45) is 16.3 Å². The maximum absolute atomic E-state index is 11.3. The van der Waals surface area contributed by atoms with Crippen LogP contribution in [0, 0.1) is 5.41 Å². The van der Waals surface area contributed by atoms with Crippen LogP contribution in [0.25, 0.3) is 0 Å². The Morgan fingerprint density at radius 1 is 1.42 bits per heavy atom. The van der Waals surface area contributed by atoms with Gasteiger partial charge in [0.15, 0.2) is 0 Å². The molecule has 0 aromatic heterocycles. The third-order valence-electron chi connectivity index (χ3n) is 3.77. The van der Waals surface area contributed by atoms with Gasteiger partial charge < -0.3 is 16.3 Å². The van der Waals surface area contributed by atoms with E-state index >= 15 is 0 Å². The number of nitrogens with two attached hydrogens (primary N) is 1. The maximum atomic E-state index is 11.3. The van der Waals surface area contributed by atoms with Crippen LogP contribution in [-0.2, 0) is 9.84 Å². The zero-order valence-corrected chi connectivity index (χ0v) is 12.5. The highest BCUT2D eigenvalue weighted by atomic mass is 32.2. The van der Waals surface area contributed by atoms with E-state index in [-0.39, 0.29) is 11.3 Å². The van der Waals surface area contributed by atoms with Gasteiger partial charge in [-0.1, -0.05) is 19.0 Å². The molecule has 0 amide bonds. The van der Waals surface area contributed by atoms with E-state index in [0.29, 0.717) is 30.4 Å². The van der Waals surface area contributed by atoms with E-state index in [9.17, 15) is 8.42 Å². The van der Waals surface area contributed by atoms with E-state index in [1.807, 2.05) is 13.8 Å². The van der Waals surface area contributed by atoms with Crippen molar-refractivity contribution < 1.29 is 13.6 Å². The van der Waals surface area contributed by atoms with Gasteiger partial charge in [-0.3, -0.25) is 0 Å². The minimum Gasteiger partial charge on any atom is -0.409 e. The van der Waals surface area contributed by atoms with Gasteiger partial charge in [-0.25, -0.2) is 8.42 Å². The van der Waals surface area contributed by atoms with Gasteiger partial charge in [-0.2, -0.15) is 0 Å². The number of amidine groups is 1. The topological polar surface area (TPSA) is 105 Å². The van der Waals surface area contributed by atoms with Gasteiger partial charge in [0.25, 0.3) is 0 Å². The molecule has 0 aliphatic carbocycles. The summed E-state index contributed by atoms with van der Waals surface area (Å²) in [7, 11) is -2.78. The van der Waals surface area contributed by atoms with Crippen molar-refractivity contribution in [2.45, 2.75) is 45.6 Å². The number of nitrogens with zero attached hydrogens (tertiary/aromatic N) is 1. The average molecular weight is 291 g/mol. The summed E-state index contributed by atoms with van der Waals surface area (Å²) < 4.78 is 22.6. The molecule has 4 N–H and O–H groups in total. The van der Waals surface area contributed by atoms with Crippen LogP contribution in [0.15, 0.2) is 5.16 Å². The van der Waals surface area contributed by atoms with Crippen molar-refractivity contribution >= 4 is 15.7 Å². The lowest BCUT2D eigenvalue weighted by atomic mass is 9.86. The number of hydrogen-bond acceptors (Lipinski definition) is 5. The first-order chi connectivity index (χ1) is 8.77. The van der Waals surface area contributed by atoms with Crippen LogP contribution in [0.5, 0.6) is 0 Å². The van der Waals surface area contributed by atoms with Crippen molar-refractivity contribution in [2.75, 3.05) is 18.1 Å². The largest absolute Gasteiger partial charge is 0.409 e. The molecule has 1 aliphatic rings. The van der Waals surface area contributed by atoms with Crippen LogP contribution >= 0.6 is 0 Å². The molecule has 0 saturated carbocycles. The third-order valence-corrected chi connectivity index (χ3v) is 5.48. The van der Waals surface area contributed by atoms with E-state index in [4.69, 9.17) is 10.9 Å². The van der Waals surface area contributed by atoms with E-state index < -0.39 is 9.84 Å². The molecule has 6 nitrogen and oxygen atoms in total. The molecular formula is C12H25N3O3S. The second-order valence-electron chi connectivity index (χ2n) is 5.85. The number of nitrogens with one attached hydrogen (secondary N) is 1. The number of rotatable bonds is 6. The zero-order chi connectivity index (χ0) is 14.5. The Morgan fingerprint density at radius 3 is 2.53 bits per heavy atom. The van der Waals surface area contributed by atoms with Crippen LogP contribution < -0.4 is 11.1 Å². The van der Waals surface area contributed by atoms with Crippen molar-refractivity contribution in [3.8, 4) is 0 Å². The highest BCUT2D eigenvalue weighted by molar-refractivity contribution is 7.91. The fourth-order valence-electron chi connectivity index (χ4n) is 2.19. The van der Waals surface area contributed by atoms with Crippen LogP contribution in [-0.4, -0.2) is 43.6 Å². The highest BCUT2D eigenvalue weighted by Crippen LogP contribution is 2.22. The van der Waals surface area contributed by atoms with Crippen molar-refractivity contribution in [1.82, 2.24) is 5.32 Å². The Bertz CT molecular complexity index is 404. The predicted octanol–water partition coefficient (Wildman–Crippen LogP) is 0.706. The minimum absolute atomic E-state index is 0.247. The molecule has 19 heavy (non-hydrogen) atoms. The molecule has 1 fully saturated rings. The number of hydrogen-bond donors (Lipinski definition) is 3. The quantitative estimate of drug-likeness (QED) is 0.220. The summed E-state index contributed by atoms with van der Waals surface area (Å²) in [6.45, 7) is 4.71. The van der Waals surface area contributed by atoms with Gasteiger partial charge in [-0.15, -0.1) is 0 Å². The van der Waals surface area contributed by atoms with E-state index in [1.54, 1.807) is 0 Å². The fraction of sp³-hybridized carbons (Fsp3) is 0.917. The molecule has 0 unspecified atom stereocenters. The first-order valence-corrected chi connectivity index (χ1v) is 8.51. The molecule has 1 saturated heterocycles. The fourth-order valence-corrected chi connectivity index (χ4v) is 3.69. The maximum Gasteiger partial charge on any atom is 0.150 e. The SMILES string of the molecule is CC(C)(CCCNC1CCS(=O)(=O)CC1)C(N)=NO. The van der Waals surface area contributed by atoms with Crippen LogP contribution in [0.2, 0.25) is 0 Å². The molecule has 0 atom stereocenters. The summed E-state index contributed by atoms with van der Waals surface area (Å²) in [5.41, 5.74) is 5.31. The summed E-state index contributed by atoms with van der Waals surface area (Å²) in [6.07, 6.45) is 3.13. The summed E-state index contributed by atoms with van der Waals surface area (Å²) >= 11 is 0. The van der Waals surface area contributed by atoms with Crippen LogP contribution in [0.3, 0.4) is 0 Å². The smallest absolute Gasteiger partial charge is 0.150 e. The van der Waals surface area contributed by atoms with Gasteiger partial charge in [0.05, 0.1) is 11.5 Å². The van der Waals surface area contributed by atoms with Gasteiger partial charge in [0.2, 0.25) is 0 Å². The summed E-state index contributed by atoms with van der Waals surface area (Å²) in [5.74, 6) is 0.830. The van der Waals surface area contributed by atoms with Crippen molar-refractivity contribution in [3.05, 3.63) is 0 Å². The Kier molecular flexibility index (Phi) is 5.61. The number of oxime groups is 1. The second-order valence-corrected chi connectivity index (χ2v) is 8.16. The Hall–Kier alpha value is -0.820. The molecular weight excluding hydrogens is 266 g/mol. The lowest BCUT2D eigenvalue weighted by molar-refractivity contribution is 0.304. The summed E-state index contributed by atoms with van der Waals surface area (Å²) in [6, 6.07) is 0.301. The normalized spacial score (nSPS) is 21.5. The van der Waals surface area contributed by atoms with Gasteiger partial charge >= 0.3 is 0 Å². The van der Waals surface area contributed by atoms with Gasteiger partial charge in [0, 0.05) is 11.5 Å². The summed E-state index contributed by atoms with van der Waals surface area (Å²) in [5, 5.41) is 15.1. The first kappa shape index (κ1) is 16.2. The predicted molar refractivity (Wildman–Crippen MR) is 76.1 cm³/mol. The molecule has 1 rings (SSSR count). The standard InChI is InChI=1S/C12H25N3O3S/c1-12(2,11(13)15-16)6-3-7-14-10-4-8-19(17,18)9-5-10/h10,14,16H,3-9H2,1-2H3,(H2,13,15). The Morgan fingerprint density at radius 2 is 2.00 bits per heavy atom. The van der Waals surface area contributed by atoms with Crippen molar-refractivity contribution in [1.29, 1.82) is 0 Å². The highest BCUT2D eigenvalue weighted by Gasteiger charge is 2.25.